The lowest BCUT2D eigenvalue weighted by Gasteiger charge is -2.23. The summed E-state index contributed by atoms with van der Waals surface area (Å²) in [5.41, 5.74) is 4.26. The van der Waals surface area contributed by atoms with Gasteiger partial charge >= 0.3 is 6.03 Å². The van der Waals surface area contributed by atoms with Crippen LogP contribution in [0.4, 0.5) is 16.2 Å². The van der Waals surface area contributed by atoms with Gasteiger partial charge in [-0.05, 0) is 48.2 Å². The number of ether oxygens (including phenoxy) is 1. The number of aryl methyl sites for hydroxylation is 1. The SMILES string of the molecule is CC(=O)N(Cc1ccc2c(c1)CN(C(=O)Nc1ccsc1C(=O)N(C)C)CCO2)c1ccc(C)cc1. The summed E-state index contributed by atoms with van der Waals surface area (Å²) >= 11 is 1.29. The van der Waals surface area contributed by atoms with Crippen LogP contribution in [0.3, 0.4) is 0 Å². The maximum atomic E-state index is 13.1. The summed E-state index contributed by atoms with van der Waals surface area (Å²) in [7, 11) is 3.36. The topological polar surface area (TPSA) is 82.2 Å². The highest BCUT2D eigenvalue weighted by atomic mass is 32.1. The Morgan fingerprint density at radius 1 is 1.08 bits per heavy atom. The van der Waals surface area contributed by atoms with Crippen LogP contribution in [0.5, 0.6) is 5.75 Å². The van der Waals surface area contributed by atoms with Gasteiger partial charge in [0, 0.05) is 32.3 Å². The number of carbonyl (C=O) groups is 3. The van der Waals surface area contributed by atoms with Crippen molar-refractivity contribution in [2.75, 3.05) is 37.5 Å². The van der Waals surface area contributed by atoms with Crippen molar-refractivity contribution in [1.29, 1.82) is 0 Å². The van der Waals surface area contributed by atoms with E-state index in [1.165, 1.54) is 16.2 Å². The summed E-state index contributed by atoms with van der Waals surface area (Å²) in [4.78, 5) is 43.3. The number of hydrogen-bond acceptors (Lipinski definition) is 5. The van der Waals surface area contributed by atoms with Crippen molar-refractivity contribution in [3.8, 4) is 5.75 Å². The smallest absolute Gasteiger partial charge is 0.322 e. The van der Waals surface area contributed by atoms with Crippen LogP contribution in [0, 0.1) is 6.92 Å². The highest BCUT2D eigenvalue weighted by molar-refractivity contribution is 7.12. The fourth-order valence-electron chi connectivity index (χ4n) is 3.98. The van der Waals surface area contributed by atoms with Crippen LogP contribution in [0.2, 0.25) is 0 Å². The standard InChI is InChI=1S/C27H30N4O4S/c1-18-5-8-22(9-6-18)31(19(2)32)16-20-7-10-24-21(15-20)17-30(12-13-35-24)27(34)28-23-11-14-36-25(23)26(33)29(3)4/h5-11,14-15H,12-13,16-17H2,1-4H3,(H,28,34). The highest BCUT2D eigenvalue weighted by Gasteiger charge is 2.23. The van der Waals surface area contributed by atoms with Gasteiger partial charge in [0.05, 0.1) is 25.3 Å². The average Bonchev–Trinajstić information content (AvgIpc) is 3.19. The van der Waals surface area contributed by atoms with Crippen LogP contribution in [0.1, 0.15) is 33.3 Å². The number of fused-ring (bicyclic) bond motifs is 1. The molecular formula is C27H30N4O4S. The van der Waals surface area contributed by atoms with Crippen LogP contribution in [-0.2, 0) is 17.9 Å². The maximum Gasteiger partial charge on any atom is 0.322 e. The number of thiophene rings is 1. The molecule has 1 aromatic heterocycles. The van der Waals surface area contributed by atoms with Gasteiger partial charge in [0.2, 0.25) is 5.91 Å². The molecule has 1 N–H and O–H groups in total. The first-order valence-electron chi connectivity index (χ1n) is 11.7. The predicted octanol–water partition coefficient (Wildman–Crippen LogP) is 4.74. The number of urea groups is 1. The van der Waals surface area contributed by atoms with Crippen molar-refractivity contribution in [3.63, 3.8) is 0 Å². The monoisotopic (exact) mass is 506 g/mol. The van der Waals surface area contributed by atoms with E-state index in [1.807, 2.05) is 49.4 Å². The van der Waals surface area contributed by atoms with Crippen molar-refractivity contribution in [3.05, 3.63) is 75.5 Å². The summed E-state index contributed by atoms with van der Waals surface area (Å²) in [5, 5.41) is 4.67. The van der Waals surface area contributed by atoms with Crippen molar-refractivity contribution < 1.29 is 19.1 Å². The molecule has 1 aliphatic heterocycles. The van der Waals surface area contributed by atoms with Gasteiger partial charge < -0.3 is 24.8 Å². The van der Waals surface area contributed by atoms with E-state index in [0.29, 0.717) is 36.8 Å². The van der Waals surface area contributed by atoms with Crippen LogP contribution in [0.15, 0.2) is 53.9 Å². The third-order valence-electron chi connectivity index (χ3n) is 5.97. The molecule has 4 rings (SSSR count). The lowest BCUT2D eigenvalue weighted by molar-refractivity contribution is -0.116. The van der Waals surface area contributed by atoms with Gasteiger partial charge in [0.15, 0.2) is 0 Å². The lowest BCUT2D eigenvalue weighted by Crippen LogP contribution is -2.36. The van der Waals surface area contributed by atoms with E-state index in [4.69, 9.17) is 4.74 Å². The van der Waals surface area contributed by atoms with Gasteiger partial charge in [-0.15, -0.1) is 11.3 Å². The number of rotatable bonds is 5. The summed E-state index contributed by atoms with van der Waals surface area (Å²) in [6, 6.07) is 15.1. The Hall–Kier alpha value is -3.85. The first kappa shape index (κ1) is 25.2. The Morgan fingerprint density at radius 3 is 2.53 bits per heavy atom. The van der Waals surface area contributed by atoms with E-state index in [1.54, 1.807) is 42.3 Å². The zero-order valence-corrected chi connectivity index (χ0v) is 21.7. The van der Waals surface area contributed by atoms with Gasteiger partial charge in [0.25, 0.3) is 5.91 Å². The fraction of sp³-hybridized carbons (Fsp3) is 0.296. The quantitative estimate of drug-likeness (QED) is 0.542. The molecule has 9 heteroatoms. The Balaban J connectivity index is 1.51. The molecule has 36 heavy (non-hydrogen) atoms. The minimum absolute atomic E-state index is 0.0510. The summed E-state index contributed by atoms with van der Waals surface area (Å²) in [6.07, 6.45) is 0. The first-order valence-corrected chi connectivity index (χ1v) is 12.6. The van der Waals surface area contributed by atoms with Gasteiger partial charge in [-0.1, -0.05) is 23.8 Å². The molecule has 4 amide bonds. The highest BCUT2D eigenvalue weighted by Crippen LogP contribution is 2.28. The predicted molar refractivity (Wildman–Crippen MR) is 142 cm³/mol. The second-order valence-electron chi connectivity index (χ2n) is 8.95. The Bertz CT molecular complexity index is 1270. The number of amides is 4. The molecule has 0 saturated heterocycles. The summed E-state index contributed by atoms with van der Waals surface area (Å²) < 4.78 is 5.90. The third-order valence-corrected chi connectivity index (χ3v) is 6.87. The number of nitrogens with one attached hydrogen (secondary N) is 1. The Labute approximate surface area is 215 Å². The normalized spacial score (nSPS) is 12.7. The Kier molecular flexibility index (Phi) is 7.59. The molecule has 0 spiro atoms. The number of benzene rings is 2. The molecule has 0 unspecified atom stereocenters. The fourth-order valence-corrected chi connectivity index (χ4v) is 4.85. The van der Waals surface area contributed by atoms with Gasteiger partial charge in [-0.2, -0.15) is 0 Å². The summed E-state index contributed by atoms with van der Waals surface area (Å²) in [6.45, 7) is 5.08. The summed E-state index contributed by atoms with van der Waals surface area (Å²) in [5.74, 6) is 0.515. The number of hydrogen-bond donors (Lipinski definition) is 1. The van der Waals surface area contributed by atoms with Crippen LogP contribution in [-0.4, -0.2) is 54.9 Å². The van der Waals surface area contributed by atoms with E-state index in [9.17, 15) is 14.4 Å². The second kappa shape index (κ2) is 10.8. The average molecular weight is 507 g/mol. The molecule has 0 saturated carbocycles. The zero-order chi connectivity index (χ0) is 25.8. The van der Waals surface area contributed by atoms with E-state index in [2.05, 4.69) is 5.32 Å². The molecule has 188 valence electrons. The number of anilines is 2. The largest absolute Gasteiger partial charge is 0.491 e. The molecule has 0 bridgehead atoms. The van der Waals surface area contributed by atoms with Crippen molar-refractivity contribution in [1.82, 2.24) is 9.80 Å². The van der Waals surface area contributed by atoms with Crippen molar-refractivity contribution >= 4 is 40.6 Å². The van der Waals surface area contributed by atoms with E-state index < -0.39 is 0 Å². The van der Waals surface area contributed by atoms with Crippen LogP contribution in [0.25, 0.3) is 0 Å². The van der Waals surface area contributed by atoms with E-state index in [-0.39, 0.29) is 17.8 Å². The number of carbonyl (C=O) groups excluding carboxylic acids is 3. The second-order valence-corrected chi connectivity index (χ2v) is 9.86. The lowest BCUT2D eigenvalue weighted by atomic mass is 10.1. The minimum atomic E-state index is -0.298. The van der Waals surface area contributed by atoms with Gasteiger partial charge in [-0.25, -0.2) is 4.79 Å². The molecule has 0 aliphatic carbocycles. The van der Waals surface area contributed by atoms with E-state index >= 15 is 0 Å². The number of nitrogens with zero attached hydrogens (tertiary/aromatic N) is 3. The van der Waals surface area contributed by atoms with Gasteiger partial charge in [0.1, 0.15) is 17.2 Å². The molecule has 0 atom stereocenters. The molecular weight excluding hydrogens is 476 g/mol. The molecule has 3 aromatic rings. The van der Waals surface area contributed by atoms with Crippen LogP contribution >= 0.6 is 11.3 Å². The van der Waals surface area contributed by atoms with E-state index in [0.717, 1.165) is 28.1 Å². The molecule has 2 heterocycles. The molecule has 0 radical (unpaired) electrons. The molecule has 1 aliphatic rings. The van der Waals surface area contributed by atoms with Gasteiger partial charge in [-0.3, -0.25) is 9.59 Å². The zero-order valence-electron chi connectivity index (χ0n) is 20.9. The minimum Gasteiger partial charge on any atom is -0.491 e. The van der Waals surface area contributed by atoms with Crippen molar-refractivity contribution in [2.45, 2.75) is 26.9 Å². The molecule has 2 aromatic carbocycles. The maximum absolute atomic E-state index is 13.1. The van der Waals surface area contributed by atoms with Crippen LogP contribution < -0.4 is 15.0 Å². The first-order chi connectivity index (χ1) is 17.2. The third kappa shape index (κ3) is 5.68. The molecule has 8 nitrogen and oxygen atoms in total. The molecule has 0 fully saturated rings. The Morgan fingerprint density at radius 2 is 1.83 bits per heavy atom. The van der Waals surface area contributed by atoms with Crippen molar-refractivity contribution in [2.24, 2.45) is 0 Å².